The van der Waals surface area contributed by atoms with Crippen molar-refractivity contribution in [2.24, 2.45) is 5.10 Å². The Hall–Kier alpha value is -3.25. The first-order valence-electron chi connectivity index (χ1n) is 10.6. The van der Waals surface area contributed by atoms with Gasteiger partial charge in [-0.25, -0.2) is 5.43 Å². The lowest BCUT2D eigenvalue weighted by molar-refractivity contribution is -0.120. The van der Waals surface area contributed by atoms with Crippen molar-refractivity contribution in [3.8, 4) is 11.5 Å². The highest BCUT2D eigenvalue weighted by Gasteiger charge is 2.12. The van der Waals surface area contributed by atoms with E-state index in [4.69, 9.17) is 9.47 Å². The molecule has 3 aromatic carbocycles. The summed E-state index contributed by atoms with van der Waals surface area (Å²) in [6.45, 7) is 4.79. The van der Waals surface area contributed by atoms with E-state index in [1.54, 1.807) is 18.0 Å². The number of nitrogens with zero attached hydrogens (tertiary/aromatic N) is 1. The highest BCUT2D eigenvalue weighted by molar-refractivity contribution is 7.99. The fraction of sp³-hybridized carbons (Fsp3) is 0.231. The smallest absolute Gasteiger partial charge is 0.252 e. The molecule has 0 bridgehead atoms. The van der Waals surface area contributed by atoms with Crippen molar-refractivity contribution in [1.82, 2.24) is 5.43 Å². The van der Waals surface area contributed by atoms with Gasteiger partial charge in [-0.3, -0.25) is 4.79 Å². The molecule has 0 spiro atoms. The molecule has 6 heteroatoms. The van der Waals surface area contributed by atoms with Gasteiger partial charge in [0.05, 0.1) is 18.1 Å². The Morgan fingerprint density at radius 2 is 1.66 bits per heavy atom. The van der Waals surface area contributed by atoms with E-state index in [0.717, 1.165) is 16.9 Å². The number of rotatable bonds is 11. The monoisotopic (exact) mass is 448 g/mol. The first kappa shape index (κ1) is 23.4. The van der Waals surface area contributed by atoms with Crippen LogP contribution in [0.1, 0.15) is 30.5 Å². The molecule has 0 aliphatic rings. The maximum Gasteiger partial charge on any atom is 0.252 e. The van der Waals surface area contributed by atoms with E-state index in [-0.39, 0.29) is 11.2 Å². The van der Waals surface area contributed by atoms with Gasteiger partial charge in [0.15, 0.2) is 11.5 Å². The van der Waals surface area contributed by atoms with Crippen LogP contribution in [-0.2, 0) is 17.2 Å². The summed E-state index contributed by atoms with van der Waals surface area (Å²) in [7, 11) is 0. The number of benzene rings is 3. The van der Waals surface area contributed by atoms with E-state index in [9.17, 15) is 4.79 Å². The molecule has 0 aromatic heterocycles. The van der Waals surface area contributed by atoms with Crippen LogP contribution in [0.15, 0.2) is 84.0 Å². The summed E-state index contributed by atoms with van der Waals surface area (Å²) in [5, 5.41) is 3.90. The summed E-state index contributed by atoms with van der Waals surface area (Å²) in [6, 6.07) is 25.7. The lowest BCUT2D eigenvalue weighted by Gasteiger charge is -2.13. The molecule has 0 heterocycles. The van der Waals surface area contributed by atoms with Gasteiger partial charge in [-0.15, -0.1) is 11.8 Å². The van der Waals surface area contributed by atoms with Gasteiger partial charge in [-0.1, -0.05) is 60.7 Å². The van der Waals surface area contributed by atoms with Crippen LogP contribution < -0.4 is 14.9 Å². The molecule has 0 aliphatic heterocycles. The number of hydrogen-bond donors (Lipinski definition) is 1. The normalized spacial score (nSPS) is 11.8. The Kier molecular flexibility index (Phi) is 9.20. The minimum absolute atomic E-state index is 0.130. The van der Waals surface area contributed by atoms with Crippen LogP contribution in [0.4, 0.5) is 0 Å². The maximum atomic E-state index is 12.3. The van der Waals surface area contributed by atoms with Crippen molar-refractivity contribution in [2.45, 2.75) is 31.5 Å². The second-order valence-corrected chi connectivity index (χ2v) is 8.42. The topological polar surface area (TPSA) is 59.9 Å². The highest BCUT2D eigenvalue weighted by atomic mass is 32.2. The third kappa shape index (κ3) is 7.46. The minimum Gasteiger partial charge on any atom is -0.490 e. The van der Waals surface area contributed by atoms with E-state index in [1.807, 2.05) is 80.6 Å². The first-order valence-corrected chi connectivity index (χ1v) is 11.6. The molecule has 1 atom stereocenters. The van der Waals surface area contributed by atoms with E-state index < -0.39 is 0 Å². The van der Waals surface area contributed by atoms with Gasteiger partial charge in [-0.05, 0) is 48.7 Å². The number of carbonyl (C=O) groups excluding carboxylic acids is 1. The predicted molar refractivity (Wildman–Crippen MR) is 131 cm³/mol. The van der Waals surface area contributed by atoms with Crippen molar-refractivity contribution in [3.63, 3.8) is 0 Å². The molecular weight excluding hydrogens is 420 g/mol. The van der Waals surface area contributed by atoms with Gasteiger partial charge in [0.2, 0.25) is 0 Å². The molecule has 3 rings (SSSR count). The second-order valence-electron chi connectivity index (χ2n) is 7.09. The molecule has 0 radical (unpaired) electrons. The summed E-state index contributed by atoms with van der Waals surface area (Å²) in [5.41, 5.74) is 5.71. The maximum absolute atomic E-state index is 12.3. The fourth-order valence-corrected chi connectivity index (χ4v) is 3.70. The number of carbonyl (C=O) groups is 1. The number of nitrogens with one attached hydrogen (secondary N) is 1. The molecule has 3 aromatic rings. The zero-order chi connectivity index (χ0) is 22.6. The second kappa shape index (κ2) is 12.6. The lowest BCUT2D eigenvalue weighted by atomic mass is 10.2. The lowest BCUT2D eigenvalue weighted by Crippen LogP contribution is -2.27. The van der Waals surface area contributed by atoms with Crippen LogP contribution in [0.25, 0.3) is 0 Å². The Bertz CT molecular complexity index is 1010. The molecule has 0 unspecified atom stereocenters. The van der Waals surface area contributed by atoms with Crippen molar-refractivity contribution in [1.29, 1.82) is 0 Å². The van der Waals surface area contributed by atoms with Crippen LogP contribution in [0.5, 0.6) is 11.5 Å². The standard InChI is InChI=1S/C26H28N2O3S/c1-3-30-25-16-23(14-15-24(25)31-18-21-10-6-4-7-11-21)17-27-28-26(29)20(2)32-19-22-12-8-5-9-13-22/h4-17,20H,3,18-19H2,1-2H3,(H,28,29)/t20-/m1/s1. The van der Waals surface area contributed by atoms with Crippen LogP contribution in [-0.4, -0.2) is 24.0 Å². The molecule has 0 fully saturated rings. The van der Waals surface area contributed by atoms with Crippen LogP contribution in [0, 0.1) is 0 Å². The Balaban J connectivity index is 1.53. The quantitative estimate of drug-likeness (QED) is 0.314. The molecule has 166 valence electrons. The molecule has 1 amide bonds. The molecular formula is C26H28N2O3S. The summed E-state index contributed by atoms with van der Waals surface area (Å²) in [4.78, 5) is 12.3. The first-order chi connectivity index (χ1) is 15.7. The summed E-state index contributed by atoms with van der Waals surface area (Å²) in [5.74, 6) is 1.96. The van der Waals surface area contributed by atoms with Gasteiger partial charge < -0.3 is 9.47 Å². The number of amides is 1. The fourth-order valence-electron chi connectivity index (χ4n) is 2.86. The van der Waals surface area contributed by atoms with Crippen LogP contribution >= 0.6 is 11.8 Å². The molecule has 0 saturated carbocycles. The van der Waals surface area contributed by atoms with Crippen molar-refractivity contribution in [2.75, 3.05) is 6.61 Å². The van der Waals surface area contributed by atoms with Crippen molar-refractivity contribution in [3.05, 3.63) is 95.6 Å². The van der Waals surface area contributed by atoms with E-state index >= 15 is 0 Å². The number of hydrogen-bond acceptors (Lipinski definition) is 5. The average molecular weight is 449 g/mol. The summed E-state index contributed by atoms with van der Waals surface area (Å²) >= 11 is 1.58. The van der Waals surface area contributed by atoms with Gasteiger partial charge in [0.25, 0.3) is 5.91 Å². The van der Waals surface area contributed by atoms with E-state index in [0.29, 0.717) is 24.7 Å². The minimum atomic E-state index is -0.208. The average Bonchev–Trinajstić information content (AvgIpc) is 2.83. The van der Waals surface area contributed by atoms with Gasteiger partial charge >= 0.3 is 0 Å². The highest BCUT2D eigenvalue weighted by Crippen LogP contribution is 2.29. The third-order valence-corrected chi connectivity index (χ3v) is 5.82. The zero-order valence-electron chi connectivity index (χ0n) is 18.4. The van der Waals surface area contributed by atoms with Crippen LogP contribution in [0.3, 0.4) is 0 Å². The van der Waals surface area contributed by atoms with Crippen molar-refractivity contribution >= 4 is 23.9 Å². The van der Waals surface area contributed by atoms with Gasteiger partial charge in [-0.2, -0.15) is 5.10 Å². The largest absolute Gasteiger partial charge is 0.490 e. The Morgan fingerprint density at radius 1 is 0.969 bits per heavy atom. The molecule has 0 saturated heterocycles. The number of thioether (sulfide) groups is 1. The molecule has 32 heavy (non-hydrogen) atoms. The van der Waals surface area contributed by atoms with Gasteiger partial charge in [0, 0.05) is 5.75 Å². The third-order valence-electron chi connectivity index (χ3n) is 4.61. The van der Waals surface area contributed by atoms with E-state index in [2.05, 4.69) is 22.7 Å². The number of hydrazone groups is 1. The Morgan fingerprint density at radius 3 is 2.34 bits per heavy atom. The Labute approximate surface area is 193 Å². The molecule has 5 nitrogen and oxygen atoms in total. The van der Waals surface area contributed by atoms with Crippen molar-refractivity contribution < 1.29 is 14.3 Å². The molecule has 0 aliphatic carbocycles. The summed E-state index contributed by atoms with van der Waals surface area (Å²) < 4.78 is 11.7. The predicted octanol–water partition coefficient (Wildman–Crippen LogP) is 5.44. The van der Waals surface area contributed by atoms with Gasteiger partial charge in [0.1, 0.15) is 6.61 Å². The molecule has 1 N–H and O–H groups in total. The number of ether oxygens (including phenoxy) is 2. The SMILES string of the molecule is CCOc1cc(C=NNC(=O)[C@@H](C)SCc2ccccc2)ccc1OCc1ccccc1. The van der Waals surface area contributed by atoms with Crippen LogP contribution in [0.2, 0.25) is 0 Å². The van der Waals surface area contributed by atoms with E-state index in [1.165, 1.54) is 5.56 Å². The summed E-state index contributed by atoms with van der Waals surface area (Å²) in [6.07, 6.45) is 1.61. The zero-order valence-corrected chi connectivity index (χ0v) is 19.2.